The van der Waals surface area contributed by atoms with E-state index in [9.17, 15) is 13.2 Å². The fraction of sp³-hybridized carbons (Fsp3) is 0.375. The number of nitrogens with zero attached hydrogens (tertiary/aromatic N) is 3. The molecule has 0 N–H and O–H groups in total. The highest BCUT2D eigenvalue weighted by molar-refractivity contribution is 5.58. The van der Waals surface area contributed by atoms with Crippen molar-refractivity contribution in [1.82, 2.24) is 15.0 Å². The lowest BCUT2D eigenvalue weighted by molar-refractivity contribution is -0.137. The van der Waals surface area contributed by atoms with Gasteiger partial charge >= 0.3 is 6.18 Å². The quantitative estimate of drug-likeness (QED) is 0.785. The summed E-state index contributed by atoms with van der Waals surface area (Å²) in [6.07, 6.45) is -2.67. The van der Waals surface area contributed by atoms with Crippen molar-refractivity contribution in [1.29, 1.82) is 0 Å². The van der Waals surface area contributed by atoms with E-state index in [0.29, 0.717) is 17.8 Å². The lowest BCUT2D eigenvalue weighted by Crippen LogP contribution is -2.03. The van der Waals surface area contributed by atoms with Crippen LogP contribution in [0.25, 0.3) is 11.3 Å². The van der Waals surface area contributed by atoms with Gasteiger partial charge in [-0.05, 0) is 32.9 Å². The lowest BCUT2D eigenvalue weighted by Gasteiger charge is -2.06. The van der Waals surface area contributed by atoms with Crippen LogP contribution in [0, 0.1) is 17.3 Å². The zero-order valence-electron chi connectivity index (χ0n) is 12.6. The Morgan fingerprint density at radius 1 is 1.09 bits per heavy atom. The maximum atomic E-state index is 12.5. The summed E-state index contributed by atoms with van der Waals surface area (Å²) in [6, 6.07) is 4.84. The number of hydrogen-bond acceptors (Lipinski definition) is 2. The molecule has 0 saturated carbocycles. The molecule has 0 fully saturated rings. The molecule has 6 heteroatoms. The second kappa shape index (κ2) is 5.84. The molecule has 116 valence electrons. The number of aromatic nitrogens is 3. The monoisotopic (exact) mass is 307 g/mol. The maximum absolute atomic E-state index is 12.5. The minimum atomic E-state index is -4.33. The molecule has 0 aliphatic heterocycles. The van der Waals surface area contributed by atoms with Crippen LogP contribution >= 0.6 is 0 Å². The van der Waals surface area contributed by atoms with Crippen LogP contribution in [0.1, 0.15) is 26.3 Å². The van der Waals surface area contributed by atoms with Crippen LogP contribution in [-0.2, 0) is 12.7 Å². The van der Waals surface area contributed by atoms with Crippen LogP contribution in [0.4, 0.5) is 13.2 Å². The molecule has 0 aliphatic carbocycles. The van der Waals surface area contributed by atoms with Crippen molar-refractivity contribution in [3.63, 3.8) is 0 Å². The second-order valence-electron chi connectivity index (χ2n) is 5.93. The standard InChI is InChI=1S/C16H16F3N3/c1-15(2,3)9-4-10-22-11-14(20-21-22)12-5-7-13(8-6-12)16(17,18)19/h5-8,11H,10H2,1-3H3. The highest BCUT2D eigenvalue weighted by Gasteiger charge is 2.30. The predicted molar refractivity (Wildman–Crippen MR) is 77.7 cm³/mol. The van der Waals surface area contributed by atoms with Crippen LogP contribution in [0.5, 0.6) is 0 Å². The average molecular weight is 307 g/mol. The van der Waals surface area contributed by atoms with Crippen molar-refractivity contribution in [2.45, 2.75) is 33.5 Å². The van der Waals surface area contributed by atoms with Crippen molar-refractivity contribution in [3.8, 4) is 23.1 Å². The van der Waals surface area contributed by atoms with E-state index >= 15 is 0 Å². The van der Waals surface area contributed by atoms with Gasteiger partial charge in [0.25, 0.3) is 0 Å². The number of halogens is 3. The minimum absolute atomic E-state index is 0.0865. The third kappa shape index (κ3) is 4.35. The first-order valence-electron chi connectivity index (χ1n) is 6.73. The first-order valence-corrected chi connectivity index (χ1v) is 6.73. The molecule has 0 saturated heterocycles. The van der Waals surface area contributed by atoms with Crippen LogP contribution < -0.4 is 0 Å². The molecule has 1 heterocycles. The third-order valence-electron chi connectivity index (χ3n) is 2.75. The lowest BCUT2D eigenvalue weighted by atomic mass is 9.98. The molecule has 1 aromatic carbocycles. The molecule has 0 amide bonds. The van der Waals surface area contributed by atoms with Crippen molar-refractivity contribution in [2.24, 2.45) is 5.41 Å². The molecule has 0 bridgehead atoms. The Kier molecular flexibility index (Phi) is 4.27. The molecular formula is C16H16F3N3. The predicted octanol–water partition coefficient (Wildman–Crippen LogP) is 4.01. The van der Waals surface area contributed by atoms with E-state index in [4.69, 9.17) is 0 Å². The first-order chi connectivity index (χ1) is 10.1. The van der Waals surface area contributed by atoms with Crippen molar-refractivity contribution in [2.75, 3.05) is 0 Å². The number of hydrogen-bond donors (Lipinski definition) is 0. The Bertz CT molecular complexity index is 695. The maximum Gasteiger partial charge on any atom is 0.416 e. The molecule has 0 aliphatic rings. The summed E-state index contributed by atoms with van der Waals surface area (Å²) >= 11 is 0. The van der Waals surface area contributed by atoms with Gasteiger partial charge in [-0.3, -0.25) is 0 Å². The van der Waals surface area contributed by atoms with Gasteiger partial charge in [0.1, 0.15) is 12.2 Å². The second-order valence-corrected chi connectivity index (χ2v) is 5.93. The zero-order valence-corrected chi connectivity index (χ0v) is 12.6. The fourth-order valence-electron chi connectivity index (χ4n) is 1.72. The Balaban J connectivity index is 2.13. The molecular weight excluding hydrogens is 291 g/mol. The molecule has 0 radical (unpaired) electrons. The van der Waals surface area contributed by atoms with Gasteiger partial charge in [-0.15, -0.1) is 5.10 Å². The molecule has 0 atom stereocenters. The van der Waals surface area contributed by atoms with E-state index in [2.05, 4.69) is 22.2 Å². The van der Waals surface area contributed by atoms with E-state index in [-0.39, 0.29) is 5.41 Å². The van der Waals surface area contributed by atoms with Crippen molar-refractivity contribution in [3.05, 3.63) is 36.0 Å². The Hall–Kier alpha value is -2.29. The normalized spacial score (nSPS) is 11.9. The van der Waals surface area contributed by atoms with Gasteiger partial charge in [-0.1, -0.05) is 29.2 Å². The molecule has 0 unspecified atom stereocenters. The van der Waals surface area contributed by atoms with E-state index < -0.39 is 11.7 Å². The summed E-state index contributed by atoms with van der Waals surface area (Å²) in [6.45, 7) is 6.42. The average Bonchev–Trinajstić information content (AvgIpc) is 2.85. The summed E-state index contributed by atoms with van der Waals surface area (Å²) in [5.74, 6) is 6.08. The molecule has 2 aromatic rings. The Morgan fingerprint density at radius 3 is 2.27 bits per heavy atom. The number of alkyl halides is 3. The summed E-state index contributed by atoms with van der Waals surface area (Å²) < 4.78 is 39.1. The van der Waals surface area contributed by atoms with Gasteiger partial charge in [0, 0.05) is 11.0 Å². The highest BCUT2D eigenvalue weighted by atomic mass is 19.4. The molecule has 22 heavy (non-hydrogen) atoms. The topological polar surface area (TPSA) is 30.7 Å². The molecule has 3 nitrogen and oxygen atoms in total. The third-order valence-corrected chi connectivity index (χ3v) is 2.75. The molecule has 2 rings (SSSR count). The summed E-state index contributed by atoms with van der Waals surface area (Å²) in [7, 11) is 0. The summed E-state index contributed by atoms with van der Waals surface area (Å²) in [4.78, 5) is 0. The Labute approximate surface area is 127 Å². The number of rotatable bonds is 2. The largest absolute Gasteiger partial charge is 0.416 e. The Morgan fingerprint density at radius 2 is 1.73 bits per heavy atom. The van der Waals surface area contributed by atoms with Gasteiger partial charge in [0.15, 0.2) is 0 Å². The van der Waals surface area contributed by atoms with E-state index in [0.717, 1.165) is 12.1 Å². The van der Waals surface area contributed by atoms with Crippen LogP contribution in [0.2, 0.25) is 0 Å². The summed E-state index contributed by atoms with van der Waals surface area (Å²) in [5, 5.41) is 7.88. The number of benzene rings is 1. The van der Waals surface area contributed by atoms with Gasteiger partial charge in [0.2, 0.25) is 0 Å². The van der Waals surface area contributed by atoms with Crippen LogP contribution in [0.15, 0.2) is 30.5 Å². The van der Waals surface area contributed by atoms with E-state index in [1.54, 1.807) is 10.9 Å². The van der Waals surface area contributed by atoms with Gasteiger partial charge in [-0.25, -0.2) is 4.68 Å². The smallest absolute Gasteiger partial charge is 0.240 e. The van der Waals surface area contributed by atoms with Crippen molar-refractivity contribution >= 4 is 0 Å². The van der Waals surface area contributed by atoms with Crippen molar-refractivity contribution < 1.29 is 13.2 Å². The minimum Gasteiger partial charge on any atom is -0.240 e. The van der Waals surface area contributed by atoms with E-state index in [1.807, 2.05) is 20.8 Å². The van der Waals surface area contributed by atoms with Gasteiger partial charge in [0.05, 0.1) is 11.8 Å². The van der Waals surface area contributed by atoms with Crippen LogP contribution in [-0.4, -0.2) is 15.0 Å². The molecule has 1 aromatic heterocycles. The molecule has 0 spiro atoms. The van der Waals surface area contributed by atoms with Crippen LogP contribution in [0.3, 0.4) is 0 Å². The fourth-order valence-corrected chi connectivity index (χ4v) is 1.72. The zero-order chi connectivity index (χ0) is 16.4. The SMILES string of the molecule is CC(C)(C)C#CCn1cc(-c2ccc(C(F)(F)F)cc2)nn1. The highest BCUT2D eigenvalue weighted by Crippen LogP contribution is 2.30. The first kappa shape index (κ1) is 16.1. The summed E-state index contributed by atoms with van der Waals surface area (Å²) in [5.41, 5.74) is 0.339. The van der Waals surface area contributed by atoms with Gasteiger partial charge < -0.3 is 0 Å². The van der Waals surface area contributed by atoms with E-state index in [1.165, 1.54) is 12.1 Å². The van der Waals surface area contributed by atoms with Gasteiger partial charge in [-0.2, -0.15) is 13.2 Å².